The number of benzene rings is 2. The van der Waals surface area contributed by atoms with Crippen LogP contribution in [0.1, 0.15) is 23.7 Å². The number of carbonyl (C=O) groups excluding carboxylic acids is 2. The fraction of sp³-hybridized carbons (Fsp3) is 0.250. The molecule has 0 aliphatic carbocycles. The quantitative estimate of drug-likeness (QED) is 0.651. The Balaban J connectivity index is 2.05. The van der Waals surface area contributed by atoms with Crippen molar-refractivity contribution in [1.82, 2.24) is 5.32 Å². The van der Waals surface area contributed by atoms with Crippen molar-refractivity contribution in [2.75, 3.05) is 18.9 Å². The lowest BCUT2D eigenvalue weighted by Gasteiger charge is -2.09. The molecule has 0 aromatic heterocycles. The van der Waals surface area contributed by atoms with Gasteiger partial charge in [-0.1, -0.05) is 24.3 Å². The fourth-order valence-corrected chi connectivity index (χ4v) is 2.06. The monoisotopic (exact) mass is 286 g/mol. The van der Waals surface area contributed by atoms with Crippen molar-refractivity contribution < 1.29 is 14.3 Å². The van der Waals surface area contributed by atoms with Crippen LogP contribution in [-0.2, 0) is 9.53 Å². The molecule has 3 N–H and O–H groups in total. The highest BCUT2D eigenvalue weighted by atomic mass is 16.5. The third-order valence-electron chi connectivity index (χ3n) is 3.08. The van der Waals surface area contributed by atoms with Crippen molar-refractivity contribution >= 4 is 28.3 Å². The topological polar surface area (TPSA) is 81.4 Å². The van der Waals surface area contributed by atoms with Gasteiger partial charge in [0.05, 0.1) is 18.6 Å². The maximum atomic E-state index is 12.1. The van der Waals surface area contributed by atoms with Gasteiger partial charge < -0.3 is 15.8 Å². The largest absolute Gasteiger partial charge is 0.466 e. The summed E-state index contributed by atoms with van der Waals surface area (Å²) in [5, 5.41) is 4.60. The van der Waals surface area contributed by atoms with Crippen molar-refractivity contribution in [3.05, 3.63) is 42.0 Å². The Labute approximate surface area is 123 Å². The van der Waals surface area contributed by atoms with Crippen LogP contribution in [0.5, 0.6) is 0 Å². The lowest BCUT2D eigenvalue weighted by molar-refractivity contribution is -0.142. The summed E-state index contributed by atoms with van der Waals surface area (Å²) >= 11 is 0. The molecule has 0 aliphatic heterocycles. The summed E-state index contributed by atoms with van der Waals surface area (Å²) in [7, 11) is 0. The first-order valence-corrected chi connectivity index (χ1v) is 6.84. The first-order valence-electron chi connectivity index (χ1n) is 6.84. The number of hydrogen-bond donors (Lipinski definition) is 2. The van der Waals surface area contributed by atoms with Crippen LogP contribution < -0.4 is 11.1 Å². The highest BCUT2D eigenvalue weighted by Crippen LogP contribution is 2.21. The lowest BCUT2D eigenvalue weighted by Crippen LogP contribution is -2.27. The number of carbonyl (C=O) groups is 2. The summed E-state index contributed by atoms with van der Waals surface area (Å²) in [6, 6.07) is 11.2. The third-order valence-corrected chi connectivity index (χ3v) is 3.08. The van der Waals surface area contributed by atoms with Crippen molar-refractivity contribution in [3.63, 3.8) is 0 Å². The van der Waals surface area contributed by atoms with E-state index in [1.165, 1.54) is 0 Å². The van der Waals surface area contributed by atoms with E-state index in [4.69, 9.17) is 10.5 Å². The van der Waals surface area contributed by atoms with E-state index in [-0.39, 0.29) is 24.8 Å². The molecule has 0 spiro atoms. The van der Waals surface area contributed by atoms with Crippen LogP contribution in [0, 0.1) is 0 Å². The highest BCUT2D eigenvalue weighted by molar-refractivity contribution is 6.03. The number of hydrogen-bond acceptors (Lipinski definition) is 4. The van der Waals surface area contributed by atoms with Crippen LogP contribution in [0.4, 0.5) is 5.69 Å². The van der Waals surface area contributed by atoms with E-state index in [1.807, 2.05) is 24.3 Å². The minimum absolute atomic E-state index is 0.146. The molecule has 2 aromatic rings. The predicted octanol–water partition coefficient (Wildman–Crippen LogP) is 2.10. The predicted molar refractivity (Wildman–Crippen MR) is 81.9 cm³/mol. The Bertz CT molecular complexity index is 668. The molecule has 0 radical (unpaired) electrons. The van der Waals surface area contributed by atoms with Crippen molar-refractivity contribution in [3.8, 4) is 0 Å². The van der Waals surface area contributed by atoms with E-state index in [9.17, 15) is 9.59 Å². The maximum absolute atomic E-state index is 12.1. The standard InChI is InChI=1S/C16H18N2O3/c1-2-21-15(19)7-8-18-16(20)13-9-11-5-3-4-6-12(11)10-14(13)17/h3-6,9-10H,2,7-8,17H2,1H3,(H,18,20). The van der Waals surface area contributed by atoms with Gasteiger partial charge in [-0.05, 0) is 29.8 Å². The van der Waals surface area contributed by atoms with Gasteiger partial charge in [0.25, 0.3) is 5.91 Å². The van der Waals surface area contributed by atoms with Gasteiger partial charge in [0.15, 0.2) is 0 Å². The smallest absolute Gasteiger partial charge is 0.307 e. The SMILES string of the molecule is CCOC(=O)CCNC(=O)c1cc2ccccc2cc1N. The number of anilines is 1. The third kappa shape index (κ3) is 3.72. The van der Waals surface area contributed by atoms with E-state index < -0.39 is 0 Å². The van der Waals surface area contributed by atoms with E-state index in [0.717, 1.165) is 10.8 Å². The van der Waals surface area contributed by atoms with Crippen LogP contribution in [0.3, 0.4) is 0 Å². The van der Waals surface area contributed by atoms with Crippen molar-refractivity contribution in [2.45, 2.75) is 13.3 Å². The molecule has 21 heavy (non-hydrogen) atoms. The Hall–Kier alpha value is -2.56. The molecule has 0 saturated heterocycles. The van der Waals surface area contributed by atoms with Crippen LogP contribution in [0.15, 0.2) is 36.4 Å². The normalized spacial score (nSPS) is 10.3. The average molecular weight is 286 g/mol. The lowest BCUT2D eigenvalue weighted by atomic mass is 10.0. The molecule has 0 unspecified atom stereocenters. The average Bonchev–Trinajstić information content (AvgIpc) is 2.46. The molecule has 0 aliphatic rings. The summed E-state index contributed by atoms with van der Waals surface area (Å²) in [4.78, 5) is 23.3. The zero-order valence-corrected chi connectivity index (χ0v) is 11.9. The first kappa shape index (κ1) is 14.8. The van der Waals surface area contributed by atoms with Gasteiger partial charge in [0.1, 0.15) is 0 Å². The van der Waals surface area contributed by atoms with Crippen LogP contribution in [0.25, 0.3) is 10.8 Å². The highest BCUT2D eigenvalue weighted by Gasteiger charge is 2.11. The molecule has 1 amide bonds. The molecule has 0 saturated carbocycles. The van der Waals surface area contributed by atoms with Crippen molar-refractivity contribution in [1.29, 1.82) is 0 Å². The molecular formula is C16H18N2O3. The Morgan fingerprint density at radius 1 is 1.19 bits per heavy atom. The molecule has 0 bridgehead atoms. The van der Waals surface area contributed by atoms with Gasteiger partial charge in [-0.25, -0.2) is 0 Å². The number of esters is 1. The first-order chi connectivity index (χ1) is 10.1. The van der Waals surface area contributed by atoms with Gasteiger partial charge in [-0.15, -0.1) is 0 Å². The number of rotatable bonds is 5. The van der Waals surface area contributed by atoms with Gasteiger partial charge in [0, 0.05) is 12.2 Å². The zero-order chi connectivity index (χ0) is 15.2. The zero-order valence-electron chi connectivity index (χ0n) is 11.9. The van der Waals surface area contributed by atoms with E-state index in [1.54, 1.807) is 19.1 Å². The minimum atomic E-state index is -0.329. The van der Waals surface area contributed by atoms with E-state index >= 15 is 0 Å². The molecular weight excluding hydrogens is 268 g/mol. The molecule has 0 fully saturated rings. The van der Waals surface area contributed by atoms with Crippen LogP contribution >= 0.6 is 0 Å². The summed E-state index contributed by atoms with van der Waals surface area (Å²) in [6.45, 7) is 2.31. The van der Waals surface area contributed by atoms with Gasteiger partial charge in [-0.2, -0.15) is 0 Å². The summed E-state index contributed by atoms with van der Waals surface area (Å²) < 4.78 is 4.80. The molecule has 5 heteroatoms. The van der Waals surface area contributed by atoms with Gasteiger partial charge >= 0.3 is 5.97 Å². The molecule has 2 aromatic carbocycles. The van der Waals surface area contributed by atoms with Crippen LogP contribution in [-0.4, -0.2) is 25.0 Å². The Morgan fingerprint density at radius 2 is 1.86 bits per heavy atom. The fourth-order valence-electron chi connectivity index (χ4n) is 2.06. The minimum Gasteiger partial charge on any atom is -0.466 e. The van der Waals surface area contributed by atoms with Gasteiger partial charge in [0.2, 0.25) is 0 Å². The second-order valence-electron chi connectivity index (χ2n) is 4.60. The summed E-state index contributed by atoms with van der Waals surface area (Å²) in [5.74, 6) is -0.619. The van der Waals surface area contributed by atoms with E-state index in [0.29, 0.717) is 17.9 Å². The molecule has 5 nitrogen and oxygen atoms in total. The number of nitrogens with one attached hydrogen (secondary N) is 1. The van der Waals surface area contributed by atoms with Crippen LogP contribution in [0.2, 0.25) is 0 Å². The molecule has 0 atom stereocenters. The summed E-state index contributed by atoms with van der Waals surface area (Å²) in [6.07, 6.45) is 0.146. The Kier molecular flexibility index (Phi) is 4.77. The Morgan fingerprint density at radius 3 is 2.52 bits per heavy atom. The number of amides is 1. The number of nitrogen functional groups attached to an aromatic ring is 1. The van der Waals surface area contributed by atoms with E-state index in [2.05, 4.69) is 5.32 Å². The molecule has 110 valence electrons. The second-order valence-corrected chi connectivity index (χ2v) is 4.60. The maximum Gasteiger partial charge on any atom is 0.307 e. The number of ether oxygens (including phenoxy) is 1. The molecule has 2 rings (SSSR count). The summed E-state index contributed by atoms with van der Waals surface area (Å²) in [5.41, 5.74) is 6.75. The number of fused-ring (bicyclic) bond motifs is 1. The van der Waals surface area contributed by atoms with Gasteiger partial charge in [-0.3, -0.25) is 9.59 Å². The molecule has 0 heterocycles. The second kappa shape index (κ2) is 6.74. The van der Waals surface area contributed by atoms with Crippen molar-refractivity contribution in [2.24, 2.45) is 0 Å². The number of nitrogens with two attached hydrogens (primary N) is 1.